The Morgan fingerprint density at radius 3 is 3.12 bits per heavy atom. The molecule has 0 amide bonds. The standard InChI is InChI=1S/C10H12ClN3O3/c11-9-7(10(15)16)4-8(13-14-9)12-5-6-2-1-3-17-6/h4,6H,1-3,5H2,(H,12,13)(H,15,16). The monoisotopic (exact) mass is 257 g/mol. The zero-order chi connectivity index (χ0) is 12.3. The third kappa shape index (κ3) is 3.04. The third-order valence-corrected chi connectivity index (χ3v) is 2.79. The molecule has 17 heavy (non-hydrogen) atoms. The van der Waals surface area contributed by atoms with E-state index in [0.29, 0.717) is 12.4 Å². The number of aromatic carboxylic acids is 1. The number of carbonyl (C=O) groups is 1. The zero-order valence-corrected chi connectivity index (χ0v) is 9.78. The van der Waals surface area contributed by atoms with Crippen LogP contribution in [-0.2, 0) is 4.74 Å². The first kappa shape index (κ1) is 12.1. The van der Waals surface area contributed by atoms with E-state index in [0.717, 1.165) is 19.4 Å². The second kappa shape index (κ2) is 5.29. The fourth-order valence-corrected chi connectivity index (χ4v) is 1.81. The number of hydrogen-bond donors (Lipinski definition) is 2. The Kier molecular flexibility index (Phi) is 3.75. The highest BCUT2D eigenvalue weighted by atomic mass is 35.5. The predicted octanol–water partition coefficient (Wildman–Crippen LogP) is 1.42. The van der Waals surface area contributed by atoms with Gasteiger partial charge in [-0.05, 0) is 12.8 Å². The van der Waals surface area contributed by atoms with Crippen molar-refractivity contribution in [3.63, 3.8) is 0 Å². The molecule has 1 aromatic rings. The van der Waals surface area contributed by atoms with Crippen LogP contribution in [0.2, 0.25) is 5.15 Å². The Bertz CT molecular complexity index is 421. The van der Waals surface area contributed by atoms with E-state index in [2.05, 4.69) is 15.5 Å². The van der Waals surface area contributed by atoms with Crippen molar-refractivity contribution < 1.29 is 14.6 Å². The Morgan fingerprint density at radius 2 is 2.47 bits per heavy atom. The molecule has 6 nitrogen and oxygen atoms in total. The molecule has 0 aromatic carbocycles. The number of anilines is 1. The van der Waals surface area contributed by atoms with Gasteiger partial charge in [-0.25, -0.2) is 4.79 Å². The summed E-state index contributed by atoms with van der Waals surface area (Å²) in [6, 6.07) is 1.37. The van der Waals surface area contributed by atoms with Crippen LogP contribution in [0.1, 0.15) is 23.2 Å². The van der Waals surface area contributed by atoms with E-state index >= 15 is 0 Å². The summed E-state index contributed by atoms with van der Waals surface area (Å²) in [6.45, 7) is 1.37. The molecule has 7 heteroatoms. The second-order valence-corrected chi connectivity index (χ2v) is 4.11. The van der Waals surface area contributed by atoms with Gasteiger partial charge in [0.2, 0.25) is 0 Å². The minimum atomic E-state index is -1.12. The van der Waals surface area contributed by atoms with E-state index < -0.39 is 5.97 Å². The molecule has 0 bridgehead atoms. The van der Waals surface area contributed by atoms with E-state index in [1.165, 1.54) is 6.07 Å². The quantitative estimate of drug-likeness (QED) is 0.849. The highest BCUT2D eigenvalue weighted by Gasteiger charge is 2.16. The van der Waals surface area contributed by atoms with Gasteiger partial charge in [-0.3, -0.25) is 0 Å². The zero-order valence-electron chi connectivity index (χ0n) is 9.02. The summed E-state index contributed by atoms with van der Waals surface area (Å²) >= 11 is 5.61. The summed E-state index contributed by atoms with van der Waals surface area (Å²) in [7, 11) is 0. The van der Waals surface area contributed by atoms with E-state index in [4.69, 9.17) is 21.4 Å². The number of carboxylic acids is 1. The molecule has 0 saturated carbocycles. The molecular formula is C10H12ClN3O3. The van der Waals surface area contributed by atoms with E-state index in [-0.39, 0.29) is 16.8 Å². The maximum absolute atomic E-state index is 10.8. The highest BCUT2D eigenvalue weighted by Crippen LogP contribution is 2.16. The third-order valence-electron chi connectivity index (χ3n) is 2.51. The Labute approximate surface area is 103 Å². The van der Waals surface area contributed by atoms with Crippen LogP contribution in [0.4, 0.5) is 5.82 Å². The van der Waals surface area contributed by atoms with Gasteiger partial charge >= 0.3 is 5.97 Å². The molecule has 2 heterocycles. The largest absolute Gasteiger partial charge is 0.478 e. The lowest BCUT2D eigenvalue weighted by molar-refractivity contribution is 0.0696. The number of nitrogens with zero attached hydrogens (tertiary/aromatic N) is 2. The first-order valence-electron chi connectivity index (χ1n) is 5.29. The summed E-state index contributed by atoms with van der Waals surface area (Å²) in [4.78, 5) is 10.8. The second-order valence-electron chi connectivity index (χ2n) is 3.76. The molecule has 1 aromatic heterocycles. The van der Waals surface area contributed by atoms with E-state index in [1.54, 1.807) is 0 Å². The van der Waals surface area contributed by atoms with Crippen LogP contribution < -0.4 is 5.32 Å². The molecular weight excluding hydrogens is 246 g/mol. The van der Waals surface area contributed by atoms with Crippen molar-refractivity contribution in [2.75, 3.05) is 18.5 Å². The maximum Gasteiger partial charge on any atom is 0.339 e. The molecule has 1 atom stereocenters. The normalized spacial score (nSPS) is 19.2. The molecule has 2 rings (SSSR count). The van der Waals surface area contributed by atoms with Crippen molar-refractivity contribution in [3.05, 3.63) is 16.8 Å². The lowest BCUT2D eigenvalue weighted by atomic mass is 10.2. The molecule has 1 unspecified atom stereocenters. The molecule has 92 valence electrons. The summed E-state index contributed by atoms with van der Waals surface area (Å²) in [5, 5.41) is 19.1. The van der Waals surface area contributed by atoms with Crippen LogP contribution in [0.3, 0.4) is 0 Å². The van der Waals surface area contributed by atoms with Crippen LogP contribution in [0, 0.1) is 0 Å². The van der Waals surface area contributed by atoms with Gasteiger partial charge in [0.15, 0.2) is 5.15 Å². The average Bonchev–Trinajstić information content (AvgIpc) is 2.80. The summed E-state index contributed by atoms with van der Waals surface area (Å²) in [5.41, 5.74) is -0.0588. The Hall–Kier alpha value is -1.40. The topological polar surface area (TPSA) is 84.3 Å². The Morgan fingerprint density at radius 1 is 1.65 bits per heavy atom. The summed E-state index contributed by atoms with van der Waals surface area (Å²) in [5.74, 6) is -0.729. The number of nitrogens with one attached hydrogen (secondary N) is 1. The molecule has 1 fully saturated rings. The lowest BCUT2D eigenvalue weighted by Crippen LogP contribution is -2.19. The first-order chi connectivity index (χ1) is 8.16. The minimum Gasteiger partial charge on any atom is -0.478 e. The van der Waals surface area contributed by atoms with Gasteiger partial charge in [0, 0.05) is 19.2 Å². The fraction of sp³-hybridized carbons (Fsp3) is 0.500. The maximum atomic E-state index is 10.8. The van der Waals surface area contributed by atoms with E-state index in [1.807, 2.05) is 0 Å². The smallest absolute Gasteiger partial charge is 0.339 e. The van der Waals surface area contributed by atoms with Crippen molar-refractivity contribution >= 4 is 23.4 Å². The van der Waals surface area contributed by atoms with Gasteiger partial charge in [-0.2, -0.15) is 0 Å². The molecule has 1 aliphatic heterocycles. The van der Waals surface area contributed by atoms with E-state index in [9.17, 15) is 4.79 Å². The van der Waals surface area contributed by atoms with Gasteiger partial charge in [-0.1, -0.05) is 11.6 Å². The van der Waals surface area contributed by atoms with Crippen LogP contribution in [0.25, 0.3) is 0 Å². The first-order valence-corrected chi connectivity index (χ1v) is 5.66. The van der Waals surface area contributed by atoms with Crippen molar-refractivity contribution in [1.82, 2.24) is 10.2 Å². The van der Waals surface area contributed by atoms with Gasteiger partial charge in [0.05, 0.1) is 6.10 Å². The number of hydrogen-bond acceptors (Lipinski definition) is 5. The molecule has 0 aliphatic carbocycles. The van der Waals surface area contributed by atoms with Gasteiger partial charge < -0.3 is 15.2 Å². The van der Waals surface area contributed by atoms with Crippen molar-refractivity contribution in [2.24, 2.45) is 0 Å². The van der Waals surface area contributed by atoms with Gasteiger partial charge in [0.25, 0.3) is 0 Å². The summed E-state index contributed by atoms with van der Waals surface area (Å²) < 4.78 is 5.42. The van der Waals surface area contributed by atoms with Crippen LogP contribution in [-0.4, -0.2) is 40.5 Å². The van der Waals surface area contributed by atoms with Crippen molar-refractivity contribution in [1.29, 1.82) is 0 Å². The summed E-state index contributed by atoms with van der Waals surface area (Å²) in [6.07, 6.45) is 2.21. The number of carboxylic acid groups (broad SMARTS) is 1. The van der Waals surface area contributed by atoms with Crippen molar-refractivity contribution in [3.8, 4) is 0 Å². The van der Waals surface area contributed by atoms with Crippen LogP contribution >= 0.6 is 11.6 Å². The SMILES string of the molecule is O=C(O)c1cc(NCC2CCCO2)nnc1Cl. The fourth-order valence-electron chi connectivity index (χ4n) is 1.64. The van der Waals surface area contributed by atoms with Crippen molar-refractivity contribution in [2.45, 2.75) is 18.9 Å². The number of rotatable bonds is 4. The average molecular weight is 258 g/mol. The molecule has 2 N–H and O–H groups in total. The van der Waals surface area contributed by atoms with Gasteiger partial charge in [0.1, 0.15) is 11.4 Å². The van der Waals surface area contributed by atoms with Crippen LogP contribution in [0.5, 0.6) is 0 Å². The van der Waals surface area contributed by atoms with Crippen LogP contribution in [0.15, 0.2) is 6.07 Å². The Balaban J connectivity index is 2.00. The molecule has 1 saturated heterocycles. The number of halogens is 1. The molecule has 0 radical (unpaired) electrons. The number of aromatic nitrogens is 2. The minimum absolute atomic E-state index is 0.0588. The molecule has 0 spiro atoms. The highest BCUT2D eigenvalue weighted by molar-refractivity contribution is 6.32. The molecule has 1 aliphatic rings. The number of ether oxygens (including phenoxy) is 1. The van der Waals surface area contributed by atoms with Gasteiger partial charge in [-0.15, -0.1) is 10.2 Å². The predicted molar refractivity (Wildman–Crippen MR) is 61.5 cm³/mol. The lowest BCUT2D eigenvalue weighted by Gasteiger charge is -2.11.